The number of aromatic amines is 1. The number of nitrogens with zero attached hydrogens (tertiary/aromatic N) is 5. The summed E-state index contributed by atoms with van der Waals surface area (Å²) in [5.74, 6) is 1.89. The number of methoxy groups -OCH3 is 1. The Hall–Kier alpha value is -2.72. The molecule has 9 nitrogen and oxygen atoms in total. The maximum absolute atomic E-state index is 5.05. The maximum Gasteiger partial charge on any atom is 0.229 e. The molecule has 4 aromatic rings. The second-order valence-corrected chi connectivity index (χ2v) is 6.43. The highest BCUT2D eigenvalue weighted by molar-refractivity contribution is 9.10. The van der Waals surface area contributed by atoms with Gasteiger partial charge in [0.05, 0.1) is 34.9 Å². The van der Waals surface area contributed by atoms with Gasteiger partial charge in [-0.3, -0.25) is 0 Å². The molecule has 26 heavy (non-hydrogen) atoms. The van der Waals surface area contributed by atoms with Gasteiger partial charge in [-0.05, 0) is 28.1 Å². The van der Waals surface area contributed by atoms with Gasteiger partial charge in [0, 0.05) is 13.7 Å². The van der Waals surface area contributed by atoms with E-state index in [1.54, 1.807) is 17.8 Å². The fourth-order valence-corrected chi connectivity index (χ4v) is 2.91. The number of aromatic nitrogens is 6. The van der Waals surface area contributed by atoms with Gasteiger partial charge in [0.15, 0.2) is 5.65 Å². The Balaban J connectivity index is 1.59. The highest BCUT2D eigenvalue weighted by Crippen LogP contribution is 2.20. The average molecular weight is 417 g/mol. The van der Waals surface area contributed by atoms with E-state index < -0.39 is 0 Å². The molecule has 0 amide bonds. The van der Waals surface area contributed by atoms with Crippen molar-refractivity contribution in [2.45, 2.75) is 6.54 Å². The molecular formula is C16H17BrN8O. The Bertz CT molecular complexity index is 1010. The number of H-pyrrole nitrogens is 1. The number of nitrogens with one attached hydrogen (secondary N) is 3. The summed E-state index contributed by atoms with van der Waals surface area (Å²) in [6, 6.07) is 7.91. The fraction of sp³-hybridized carbons (Fsp3) is 0.250. The molecule has 3 heterocycles. The Kier molecular flexibility index (Phi) is 4.67. The van der Waals surface area contributed by atoms with Gasteiger partial charge >= 0.3 is 0 Å². The van der Waals surface area contributed by atoms with Crippen molar-refractivity contribution in [2.75, 3.05) is 30.9 Å². The molecule has 3 aromatic heterocycles. The molecule has 0 aliphatic carbocycles. The number of fused-ring (bicyclic) bond motifs is 2. The van der Waals surface area contributed by atoms with Crippen molar-refractivity contribution in [2.24, 2.45) is 0 Å². The zero-order valence-corrected chi connectivity index (χ0v) is 15.6. The van der Waals surface area contributed by atoms with Crippen molar-refractivity contribution in [1.29, 1.82) is 0 Å². The van der Waals surface area contributed by atoms with E-state index >= 15 is 0 Å². The van der Waals surface area contributed by atoms with Crippen LogP contribution in [0.25, 0.3) is 16.7 Å². The molecule has 3 N–H and O–H groups in total. The molecule has 134 valence electrons. The second-order valence-electron chi connectivity index (χ2n) is 5.57. The van der Waals surface area contributed by atoms with Crippen molar-refractivity contribution in [3.63, 3.8) is 0 Å². The number of halogens is 1. The van der Waals surface area contributed by atoms with E-state index in [1.807, 2.05) is 24.3 Å². The summed E-state index contributed by atoms with van der Waals surface area (Å²) in [6.45, 7) is 1.66. The third-order valence-electron chi connectivity index (χ3n) is 3.77. The summed E-state index contributed by atoms with van der Waals surface area (Å²) in [5.41, 5.74) is 2.61. The largest absolute Gasteiger partial charge is 0.383 e. The molecule has 0 unspecified atom stereocenters. The Morgan fingerprint density at radius 3 is 2.92 bits per heavy atom. The molecule has 0 bridgehead atoms. The molecule has 10 heteroatoms. The van der Waals surface area contributed by atoms with E-state index in [2.05, 4.69) is 51.6 Å². The average Bonchev–Trinajstić information content (AvgIpc) is 3.23. The number of imidazole rings is 1. The molecule has 0 saturated heterocycles. The van der Waals surface area contributed by atoms with Gasteiger partial charge in [0.2, 0.25) is 11.9 Å². The number of hydrogen-bond acceptors (Lipinski definition) is 7. The highest BCUT2D eigenvalue weighted by Gasteiger charge is 2.12. The Morgan fingerprint density at radius 1 is 1.19 bits per heavy atom. The molecule has 0 spiro atoms. The first kappa shape index (κ1) is 16.7. The van der Waals surface area contributed by atoms with Crippen molar-refractivity contribution in [1.82, 2.24) is 29.5 Å². The first-order chi connectivity index (χ1) is 12.7. The van der Waals surface area contributed by atoms with Crippen LogP contribution in [0.2, 0.25) is 0 Å². The van der Waals surface area contributed by atoms with Gasteiger partial charge in [-0.2, -0.15) is 19.6 Å². The summed E-state index contributed by atoms with van der Waals surface area (Å²) in [6.07, 6.45) is 1.69. The minimum absolute atomic E-state index is 0.482. The van der Waals surface area contributed by atoms with Crippen LogP contribution in [0.1, 0.15) is 5.82 Å². The molecule has 0 saturated carbocycles. The molecular weight excluding hydrogens is 400 g/mol. The lowest BCUT2D eigenvalue weighted by Crippen LogP contribution is -2.14. The summed E-state index contributed by atoms with van der Waals surface area (Å²) >= 11 is 3.46. The van der Waals surface area contributed by atoms with Crippen LogP contribution in [-0.4, -0.2) is 49.8 Å². The van der Waals surface area contributed by atoms with E-state index in [0.717, 1.165) is 21.3 Å². The SMILES string of the molecule is COCCNc1nc(NCc2nc3ccccc3[nH]2)n2ncc(Br)c2n1. The number of anilines is 2. The van der Waals surface area contributed by atoms with Gasteiger partial charge < -0.3 is 20.4 Å². The van der Waals surface area contributed by atoms with E-state index in [-0.39, 0.29) is 0 Å². The molecule has 0 radical (unpaired) electrons. The van der Waals surface area contributed by atoms with E-state index in [1.165, 1.54) is 0 Å². The van der Waals surface area contributed by atoms with Crippen LogP contribution in [-0.2, 0) is 11.3 Å². The van der Waals surface area contributed by atoms with E-state index in [4.69, 9.17) is 4.74 Å². The molecule has 0 aliphatic heterocycles. The molecule has 0 fully saturated rings. The number of para-hydroxylation sites is 2. The van der Waals surface area contributed by atoms with Crippen LogP contribution in [0.5, 0.6) is 0 Å². The van der Waals surface area contributed by atoms with Crippen LogP contribution in [0.15, 0.2) is 34.9 Å². The fourth-order valence-electron chi connectivity index (χ4n) is 2.56. The van der Waals surface area contributed by atoms with Gasteiger partial charge in [0.25, 0.3) is 0 Å². The molecule has 4 rings (SSSR count). The van der Waals surface area contributed by atoms with Gasteiger partial charge in [-0.15, -0.1) is 0 Å². The minimum Gasteiger partial charge on any atom is -0.383 e. The summed E-state index contributed by atoms with van der Waals surface area (Å²) in [5, 5.41) is 10.7. The maximum atomic E-state index is 5.05. The van der Waals surface area contributed by atoms with Crippen molar-refractivity contribution in [3.05, 3.63) is 40.8 Å². The number of benzene rings is 1. The van der Waals surface area contributed by atoms with Crippen LogP contribution in [0.4, 0.5) is 11.9 Å². The quantitative estimate of drug-likeness (QED) is 0.397. The predicted octanol–water partition coefficient (Wildman–Crippen LogP) is 2.43. The normalized spacial score (nSPS) is 11.3. The summed E-state index contributed by atoms with van der Waals surface area (Å²) < 4.78 is 7.49. The first-order valence-corrected chi connectivity index (χ1v) is 8.85. The predicted molar refractivity (Wildman–Crippen MR) is 102 cm³/mol. The summed E-state index contributed by atoms with van der Waals surface area (Å²) in [4.78, 5) is 16.8. The lowest BCUT2D eigenvalue weighted by molar-refractivity contribution is 0.210. The topological polar surface area (TPSA) is 105 Å². The van der Waals surface area contributed by atoms with Gasteiger partial charge in [-0.1, -0.05) is 12.1 Å². The highest BCUT2D eigenvalue weighted by atomic mass is 79.9. The van der Waals surface area contributed by atoms with Crippen LogP contribution in [0.3, 0.4) is 0 Å². The minimum atomic E-state index is 0.482. The number of rotatable bonds is 7. The van der Waals surface area contributed by atoms with E-state index in [0.29, 0.717) is 37.2 Å². The Labute approximate surface area is 157 Å². The van der Waals surface area contributed by atoms with Crippen LogP contribution < -0.4 is 10.6 Å². The number of ether oxygens (including phenoxy) is 1. The van der Waals surface area contributed by atoms with Crippen LogP contribution in [0, 0.1) is 0 Å². The summed E-state index contributed by atoms with van der Waals surface area (Å²) in [7, 11) is 1.65. The standard InChI is InChI=1S/C16H17BrN8O/c1-26-7-6-18-15-23-14-10(17)8-20-25(14)16(24-15)19-9-13-21-11-4-2-3-5-12(11)22-13/h2-5,8H,6-7,9H2,1H3,(H,21,22)(H2,18,19,23,24). The third kappa shape index (κ3) is 3.33. The number of hydrogen-bond donors (Lipinski definition) is 3. The van der Waals surface area contributed by atoms with Crippen molar-refractivity contribution >= 4 is 44.5 Å². The monoisotopic (exact) mass is 416 g/mol. The first-order valence-electron chi connectivity index (χ1n) is 8.06. The zero-order valence-electron chi connectivity index (χ0n) is 14.0. The van der Waals surface area contributed by atoms with Gasteiger partial charge in [0.1, 0.15) is 5.82 Å². The molecule has 0 aliphatic rings. The van der Waals surface area contributed by atoms with Crippen molar-refractivity contribution < 1.29 is 4.74 Å². The Morgan fingerprint density at radius 2 is 2.08 bits per heavy atom. The lowest BCUT2D eigenvalue weighted by Gasteiger charge is -2.09. The van der Waals surface area contributed by atoms with Gasteiger partial charge in [-0.25, -0.2) is 4.98 Å². The van der Waals surface area contributed by atoms with Crippen molar-refractivity contribution in [3.8, 4) is 0 Å². The smallest absolute Gasteiger partial charge is 0.229 e. The van der Waals surface area contributed by atoms with Crippen LogP contribution >= 0.6 is 15.9 Å². The lowest BCUT2D eigenvalue weighted by atomic mass is 10.3. The molecule has 1 aromatic carbocycles. The zero-order chi connectivity index (χ0) is 17.9. The van der Waals surface area contributed by atoms with E-state index in [9.17, 15) is 0 Å². The molecule has 0 atom stereocenters. The second kappa shape index (κ2) is 7.26. The third-order valence-corrected chi connectivity index (χ3v) is 4.33.